The highest BCUT2D eigenvalue weighted by Gasteiger charge is 2.30. The Balaban J connectivity index is 1.40. The van der Waals surface area contributed by atoms with E-state index in [-0.39, 0.29) is 6.42 Å². The molecule has 0 amide bonds. The summed E-state index contributed by atoms with van der Waals surface area (Å²) in [5, 5.41) is 10.5. The first-order valence-corrected chi connectivity index (χ1v) is 10.6. The van der Waals surface area contributed by atoms with Crippen LogP contribution in [0.1, 0.15) is 21.7 Å². The highest BCUT2D eigenvalue weighted by atomic mass is 32.1. The monoisotopic (exact) mass is 460 g/mol. The molecule has 0 aliphatic rings. The summed E-state index contributed by atoms with van der Waals surface area (Å²) in [6.45, 7) is 2.31. The van der Waals surface area contributed by atoms with Crippen LogP contribution in [0.3, 0.4) is 0 Å². The van der Waals surface area contributed by atoms with Crippen LogP contribution < -0.4 is 4.74 Å². The SMILES string of the molecule is Cc1sc(-c2ccc(C(F)(F)F)cc2)nc1CCOc1ccc2c(CC(=O)O)c[nH]c2c1. The molecule has 5 nitrogen and oxygen atoms in total. The average Bonchev–Trinajstić information content (AvgIpc) is 3.30. The van der Waals surface area contributed by atoms with E-state index in [1.807, 2.05) is 19.1 Å². The zero-order valence-corrected chi connectivity index (χ0v) is 17.8. The van der Waals surface area contributed by atoms with Crippen LogP contribution in [0.15, 0.2) is 48.7 Å². The number of aromatic nitrogens is 2. The van der Waals surface area contributed by atoms with Crippen molar-refractivity contribution in [2.24, 2.45) is 0 Å². The minimum absolute atomic E-state index is 0.0510. The molecule has 0 unspecified atom stereocenters. The fraction of sp³-hybridized carbons (Fsp3) is 0.217. The number of carboxylic acid groups (broad SMARTS) is 1. The van der Waals surface area contributed by atoms with Crippen molar-refractivity contribution < 1.29 is 27.8 Å². The highest BCUT2D eigenvalue weighted by molar-refractivity contribution is 7.15. The third-order valence-corrected chi connectivity index (χ3v) is 6.10. The van der Waals surface area contributed by atoms with E-state index in [2.05, 4.69) is 9.97 Å². The van der Waals surface area contributed by atoms with E-state index in [4.69, 9.17) is 9.84 Å². The molecule has 0 atom stereocenters. The third kappa shape index (κ3) is 4.77. The number of H-pyrrole nitrogens is 1. The molecule has 2 aromatic heterocycles. The predicted molar refractivity (Wildman–Crippen MR) is 116 cm³/mol. The van der Waals surface area contributed by atoms with Gasteiger partial charge in [0.25, 0.3) is 0 Å². The fourth-order valence-electron chi connectivity index (χ4n) is 3.42. The van der Waals surface area contributed by atoms with E-state index in [0.717, 1.165) is 33.6 Å². The molecular formula is C23H19F3N2O3S. The van der Waals surface area contributed by atoms with E-state index in [9.17, 15) is 18.0 Å². The van der Waals surface area contributed by atoms with Crippen molar-refractivity contribution in [2.45, 2.75) is 25.9 Å². The molecule has 0 saturated heterocycles. The molecule has 4 rings (SSSR count). The van der Waals surface area contributed by atoms with Gasteiger partial charge in [-0.25, -0.2) is 4.98 Å². The number of hydrogen-bond acceptors (Lipinski definition) is 4. The predicted octanol–water partition coefficient (Wildman–Crippen LogP) is 5.87. The number of fused-ring (bicyclic) bond motifs is 1. The van der Waals surface area contributed by atoms with Crippen LogP contribution >= 0.6 is 11.3 Å². The topological polar surface area (TPSA) is 75.2 Å². The molecule has 0 aliphatic carbocycles. The number of ether oxygens (including phenoxy) is 1. The Hall–Kier alpha value is -3.33. The summed E-state index contributed by atoms with van der Waals surface area (Å²) in [6, 6.07) is 10.4. The number of halogens is 3. The lowest BCUT2D eigenvalue weighted by Gasteiger charge is -2.06. The smallest absolute Gasteiger partial charge is 0.416 e. The lowest BCUT2D eigenvalue weighted by Crippen LogP contribution is -2.04. The van der Waals surface area contributed by atoms with Crippen molar-refractivity contribution in [3.8, 4) is 16.3 Å². The van der Waals surface area contributed by atoms with Gasteiger partial charge in [-0.05, 0) is 36.8 Å². The molecule has 0 aliphatic heterocycles. The molecule has 0 saturated carbocycles. The summed E-state index contributed by atoms with van der Waals surface area (Å²) >= 11 is 1.44. The second-order valence-corrected chi connectivity index (χ2v) is 8.49. The number of aromatic amines is 1. The Morgan fingerprint density at radius 3 is 2.62 bits per heavy atom. The number of carboxylic acids is 1. The number of rotatable bonds is 7. The Morgan fingerprint density at radius 1 is 1.19 bits per heavy atom. The standard InChI is InChI=1S/C23H19F3N2O3S/c1-13-19(28-22(32-13)14-2-4-16(5-3-14)23(24,25)26)8-9-31-17-6-7-18-15(10-21(29)30)12-27-20(18)11-17/h2-7,11-12,27H,8-10H2,1H3,(H,29,30). The van der Waals surface area contributed by atoms with Crippen LogP contribution in [0.25, 0.3) is 21.5 Å². The van der Waals surface area contributed by atoms with Crippen molar-refractivity contribution in [1.29, 1.82) is 0 Å². The molecule has 0 fully saturated rings. The van der Waals surface area contributed by atoms with Crippen molar-refractivity contribution in [3.63, 3.8) is 0 Å². The van der Waals surface area contributed by atoms with Crippen LogP contribution in [0, 0.1) is 6.92 Å². The molecule has 32 heavy (non-hydrogen) atoms. The second kappa shape index (κ2) is 8.66. The van der Waals surface area contributed by atoms with E-state index < -0.39 is 17.7 Å². The van der Waals surface area contributed by atoms with Gasteiger partial charge in [-0.15, -0.1) is 11.3 Å². The lowest BCUT2D eigenvalue weighted by molar-refractivity contribution is -0.138. The Kier molecular flexibility index (Phi) is 5.92. The summed E-state index contributed by atoms with van der Waals surface area (Å²) in [4.78, 5) is 19.6. The maximum Gasteiger partial charge on any atom is 0.416 e. The van der Waals surface area contributed by atoms with Crippen LogP contribution in [0.5, 0.6) is 5.75 Å². The zero-order valence-electron chi connectivity index (χ0n) is 17.0. The Morgan fingerprint density at radius 2 is 1.94 bits per heavy atom. The van der Waals surface area contributed by atoms with E-state index in [1.54, 1.807) is 12.3 Å². The number of carbonyl (C=O) groups is 1. The van der Waals surface area contributed by atoms with E-state index in [1.165, 1.54) is 23.5 Å². The molecule has 166 valence electrons. The number of alkyl halides is 3. The molecular weight excluding hydrogens is 441 g/mol. The van der Waals surface area contributed by atoms with Crippen LogP contribution in [0.2, 0.25) is 0 Å². The molecule has 0 bridgehead atoms. The minimum atomic E-state index is -4.36. The van der Waals surface area contributed by atoms with Gasteiger partial charge in [-0.2, -0.15) is 13.2 Å². The van der Waals surface area contributed by atoms with Crippen molar-refractivity contribution >= 4 is 28.2 Å². The maximum absolute atomic E-state index is 12.8. The van der Waals surface area contributed by atoms with Crippen molar-refractivity contribution in [3.05, 3.63) is 70.4 Å². The summed E-state index contributed by atoms with van der Waals surface area (Å²) in [5.41, 5.74) is 2.32. The van der Waals surface area contributed by atoms with Gasteiger partial charge >= 0.3 is 12.1 Å². The Labute approximate surface area is 185 Å². The Bertz CT molecular complexity index is 1260. The summed E-state index contributed by atoms with van der Waals surface area (Å²) in [5.74, 6) is -0.238. The average molecular weight is 460 g/mol. The normalized spacial score (nSPS) is 11.8. The number of aryl methyl sites for hydroxylation is 1. The fourth-order valence-corrected chi connectivity index (χ4v) is 4.38. The number of thiazole rings is 1. The second-order valence-electron chi connectivity index (χ2n) is 7.29. The van der Waals surface area contributed by atoms with Crippen LogP contribution in [0.4, 0.5) is 13.2 Å². The number of hydrogen-bond donors (Lipinski definition) is 2. The van der Waals surface area contributed by atoms with Gasteiger partial charge in [0.05, 0.1) is 24.3 Å². The van der Waals surface area contributed by atoms with Crippen molar-refractivity contribution in [1.82, 2.24) is 9.97 Å². The molecule has 9 heteroatoms. The van der Waals surface area contributed by atoms with E-state index in [0.29, 0.717) is 34.9 Å². The first kappa shape index (κ1) is 21.9. The van der Waals surface area contributed by atoms with Gasteiger partial charge in [0.1, 0.15) is 10.8 Å². The first-order valence-electron chi connectivity index (χ1n) is 9.79. The highest BCUT2D eigenvalue weighted by Crippen LogP contribution is 2.33. The van der Waals surface area contributed by atoms with Gasteiger partial charge in [-0.1, -0.05) is 12.1 Å². The zero-order chi connectivity index (χ0) is 22.9. The lowest BCUT2D eigenvalue weighted by atomic mass is 10.1. The first-order chi connectivity index (χ1) is 15.2. The quantitative estimate of drug-likeness (QED) is 0.362. The van der Waals surface area contributed by atoms with Crippen LogP contribution in [-0.4, -0.2) is 27.7 Å². The van der Waals surface area contributed by atoms with Crippen molar-refractivity contribution in [2.75, 3.05) is 6.61 Å². The number of aliphatic carboxylic acids is 1. The largest absolute Gasteiger partial charge is 0.493 e. The summed E-state index contributed by atoms with van der Waals surface area (Å²) in [7, 11) is 0. The van der Waals surface area contributed by atoms with Gasteiger partial charge in [0, 0.05) is 40.0 Å². The molecule has 4 aromatic rings. The number of benzene rings is 2. The van der Waals surface area contributed by atoms with Gasteiger partial charge in [0.15, 0.2) is 0 Å². The summed E-state index contributed by atoms with van der Waals surface area (Å²) < 4.78 is 44.1. The molecule has 0 radical (unpaired) electrons. The van der Waals surface area contributed by atoms with Gasteiger partial charge in [0.2, 0.25) is 0 Å². The third-order valence-electron chi connectivity index (χ3n) is 5.04. The molecule has 2 aromatic carbocycles. The molecule has 2 heterocycles. The molecule has 0 spiro atoms. The van der Waals surface area contributed by atoms with Gasteiger partial charge in [-0.3, -0.25) is 4.79 Å². The van der Waals surface area contributed by atoms with E-state index >= 15 is 0 Å². The molecule has 2 N–H and O–H groups in total. The van der Waals surface area contributed by atoms with Gasteiger partial charge < -0.3 is 14.8 Å². The minimum Gasteiger partial charge on any atom is -0.493 e. The number of nitrogens with one attached hydrogen (secondary N) is 1. The summed E-state index contributed by atoms with van der Waals surface area (Å²) in [6.07, 6.45) is -2.18. The number of nitrogens with zero attached hydrogens (tertiary/aromatic N) is 1. The maximum atomic E-state index is 12.8. The van der Waals surface area contributed by atoms with Crippen LogP contribution in [-0.2, 0) is 23.8 Å².